The van der Waals surface area contributed by atoms with Crippen LogP contribution >= 0.6 is 0 Å². The van der Waals surface area contributed by atoms with Gasteiger partial charge in [0.05, 0.1) is 5.56 Å². The lowest BCUT2D eigenvalue weighted by Crippen LogP contribution is -2.34. The van der Waals surface area contributed by atoms with Crippen LogP contribution in [0.15, 0.2) is 78.9 Å². The van der Waals surface area contributed by atoms with E-state index in [4.69, 9.17) is 0 Å². The van der Waals surface area contributed by atoms with Gasteiger partial charge in [-0.25, -0.2) is 4.79 Å². The van der Waals surface area contributed by atoms with Crippen molar-refractivity contribution in [3.05, 3.63) is 129 Å². The Balaban J connectivity index is 1.49. The largest absolute Gasteiger partial charge is 0.478 e. The van der Waals surface area contributed by atoms with Gasteiger partial charge in [-0.3, -0.25) is 25.1 Å². The van der Waals surface area contributed by atoms with Crippen molar-refractivity contribution in [1.82, 2.24) is 5.32 Å². The van der Waals surface area contributed by atoms with Crippen LogP contribution < -0.4 is 16.0 Å². The molecule has 1 heterocycles. The molecule has 7 aromatic carbocycles. The fraction of sp³-hybridized carbons (Fsp3) is 0.245. The molecule has 0 saturated carbocycles. The summed E-state index contributed by atoms with van der Waals surface area (Å²) in [5.41, 5.74) is 6.60. The molecule has 0 aromatic heterocycles. The average Bonchev–Trinajstić information content (AvgIpc) is 3.18. The zero-order valence-corrected chi connectivity index (χ0v) is 33.9. The highest BCUT2D eigenvalue weighted by atomic mass is 16.4. The minimum Gasteiger partial charge on any atom is -0.478 e. The van der Waals surface area contributed by atoms with Crippen molar-refractivity contribution in [3.8, 4) is 0 Å². The third-order valence-corrected chi connectivity index (χ3v) is 11.7. The number of imide groups is 1. The quantitative estimate of drug-likeness (QED) is 0.0324. The molecule has 1 aliphatic rings. The van der Waals surface area contributed by atoms with Crippen LogP contribution in [-0.2, 0) is 0 Å². The van der Waals surface area contributed by atoms with Crippen LogP contribution in [0.3, 0.4) is 0 Å². The van der Waals surface area contributed by atoms with Crippen LogP contribution in [0.5, 0.6) is 0 Å². The third-order valence-electron chi connectivity index (χ3n) is 11.7. The van der Waals surface area contributed by atoms with Crippen molar-refractivity contribution in [2.75, 3.05) is 10.6 Å². The number of anilines is 2. The van der Waals surface area contributed by atoms with Gasteiger partial charge in [0.15, 0.2) is 0 Å². The molecular formula is C49H46N4O5. The molecule has 292 valence electrons. The third kappa shape index (κ3) is 5.87. The Labute approximate surface area is 336 Å². The Morgan fingerprint density at radius 1 is 0.534 bits per heavy atom. The number of carboxylic acid groups (broad SMARTS) is 1. The monoisotopic (exact) mass is 770 g/mol. The van der Waals surface area contributed by atoms with Crippen LogP contribution in [-0.4, -0.2) is 34.6 Å². The van der Waals surface area contributed by atoms with Gasteiger partial charge < -0.3 is 15.7 Å². The Kier molecular flexibility index (Phi) is 9.30. The van der Waals surface area contributed by atoms with E-state index in [0.29, 0.717) is 54.2 Å². The number of nitrogens with one attached hydrogen (secondary N) is 4. The van der Waals surface area contributed by atoms with Gasteiger partial charge in [-0.15, -0.1) is 0 Å². The molecule has 5 N–H and O–H groups in total. The van der Waals surface area contributed by atoms with Crippen molar-refractivity contribution in [2.45, 2.75) is 79.1 Å². The lowest BCUT2D eigenvalue weighted by atomic mass is 9.81. The van der Waals surface area contributed by atoms with E-state index in [1.807, 2.05) is 48.5 Å². The molecule has 0 atom stereocenters. The van der Waals surface area contributed by atoms with Crippen molar-refractivity contribution in [1.29, 1.82) is 5.41 Å². The van der Waals surface area contributed by atoms with Crippen molar-refractivity contribution < 1.29 is 24.3 Å². The smallest absolute Gasteiger partial charge is 0.336 e. The highest BCUT2D eigenvalue weighted by Gasteiger charge is 2.31. The molecular weight excluding hydrogens is 725 g/mol. The summed E-state index contributed by atoms with van der Waals surface area (Å²) in [5.74, 6) is -2.27. The van der Waals surface area contributed by atoms with E-state index < -0.39 is 23.7 Å². The van der Waals surface area contributed by atoms with Gasteiger partial charge in [0.1, 0.15) is 5.84 Å². The molecule has 0 spiro atoms. The molecule has 0 radical (unpaired) electrons. The zero-order valence-electron chi connectivity index (χ0n) is 33.9. The number of carbonyl (C=O) groups is 4. The van der Waals surface area contributed by atoms with E-state index >= 15 is 0 Å². The standard InChI is InChI=1S/C49H46N4O5/c1-22(2)26-11-9-12-27(23(3)4)43(26)51-45(50)36-21-37(49(57)58)39-32-17-20-34-40-33(47(55)53-48(34)56)18-15-30(38(32)40)31-16-19-35(41(36)42(31)39)46(54)52-44-28(24(5)6)13-10-14-29(44)25(7)8/h9-25H,1-8H3,(H2,50,51)(H,52,54)(H,57,58)(H,53,55,56). The second-order valence-corrected chi connectivity index (χ2v) is 16.6. The first-order chi connectivity index (χ1) is 27.6. The molecule has 1 aliphatic heterocycles. The molecule has 9 heteroatoms. The van der Waals surface area contributed by atoms with E-state index in [1.165, 1.54) is 6.07 Å². The van der Waals surface area contributed by atoms with Crippen LogP contribution in [0.4, 0.5) is 11.4 Å². The molecule has 7 aromatic rings. The zero-order chi connectivity index (χ0) is 41.5. The minimum absolute atomic E-state index is 0.0565. The van der Waals surface area contributed by atoms with Crippen molar-refractivity contribution >= 4 is 84.0 Å². The number of amides is 3. The number of rotatable bonds is 9. The number of hydrogen-bond acceptors (Lipinski definition) is 5. The number of carboxylic acids is 1. The maximum atomic E-state index is 15.0. The highest BCUT2D eigenvalue weighted by molar-refractivity contribution is 6.42. The van der Waals surface area contributed by atoms with Crippen LogP contribution in [0, 0.1) is 5.41 Å². The molecule has 9 nitrogen and oxygen atoms in total. The van der Waals surface area contributed by atoms with Gasteiger partial charge in [0.25, 0.3) is 17.7 Å². The van der Waals surface area contributed by atoms with E-state index in [1.54, 1.807) is 24.3 Å². The predicted molar refractivity (Wildman–Crippen MR) is 234 cm³/mol. The van der Waals surface area contributed by atoms with Gasteiger partial charge in [-0.05, 0) is 97.1 Å². The molecule has 0 aliphatic carbocycles. The predicted octanol–water partition coefficient (Wildman–Crippen LogP) is 11.5. The molecule has 0 saturated heterocycles. The Morgan fingerprint density at radius 2 is 1.00 bits per heavy atom. The summed E-state index contributed by atoms with van der Waals surface area (Å²) >= 11 is 0. The number of aromatic carboxylic acids is 1. The maximum absolute atomic E-state index is 15.0. The van der Waals surface area contributed by atoms with Crippen molar-refractivity contribution in [3.63, 3.8) is 0 Å². The summed E-state index contributed by atoms with van der Waals surface area (Å²) in [5, 5.41) is 34.1. The van der Waals surface area contributed by atoms with Gasteiger partial charge >= 0.3 is 5.97 Å². The molecule has 0 fully saturated rings. The van der Waals surface area contributed by atoms with E-state index in [0.717, 1.165) is 33.6 Å². The summed E-state index contributed by atoms with van der Waals surface area (Å²) in [7, 11) is 0. The summed E-state index contributed by atoms with van der Waals surface area (Å²) < 4.78 is 0. The van der Waals surface area contributed by atoms with Gasteiger partial charge in [-0.1, -0.05) is 110 Å². The topological polar surface area (TPSA) is 148 Å². The highest BCUT2D eigenvalue weighted by Crippen LogP contribution is 2.47. The molecule has 3 amide bonds. The Hall–Kier alpha value is -6.61. The average molecular weight is 771 g/mol. The number of amidine groups is 1. The Bertz CT molecular complexity index is 2870. The maximum Gasteiger partial charge on any atom is 0.336 e. The normalized spacial score (nSPS) is 12.9. The number of benzene rings is 7. The lowest BCUT2D eigenvalue weighted by molar-refractivity contribution is 0.0697. The van der Waals surface area contributed by atoms with Crippen LogP contribution in [0.1, 0.15) is 148 Å². The van der Waals surface area contributed by atoms with E-state index in [2.05, 4.69) is 71.3 Å². The lowest BCUT2D eigenvalue weighted by Gasteiger charge is -2.25. The number of carbonyl (C=O) groups excluding carboxylic acids is 3. The van der Waals surface area contributed by atoms with Gasteiger partial charge in [-0.2, -0.15) is 0 Å². The molecule has 0 bridgehead atoms. The fourth-order valence-corrected chi connectivity index (χ4v) is 8.93. The van der Waals surface area contributed by atoms with Gasteiger partial charge in [0.2, 0.25) is 0 Å². The first-order valence-corrected chi connectivity index (χ1v) is 19.9. The molecule has 8 rings (SSSR count). The first-order valence-electron chi connectivity index (χ1n) is 19.9. The second-order valence-electron chi connectivity index (χ2n) is 16.6. The van der Waals surface area contributed by atoms with Crippen molar-refractivity contribution in [2.24, 2.45) is 0 Å². The fourth-order valence-electron chi connectivity index (χ4n) is 8.93. The number of fused-ring (bicyclic) bond motifs is 2. The number of para-hydroxylation sites is 2. The molecule has 58 heavy (non-hydrogen) atoms. The van der Waals surface area contributed by atoms with E-state index in [9.17, 15) is 29.7 Å². The summed E-state index contributed by atoms with van der Waals surface area (Å²) in [6.45, 7) is 16.7. The first kappa shape index (κ1) is 38.3. The Morgan fingerprint density at radius 3 is 1.50 bits per heavy atom. The van der Waals surface area contributed by atoms with E-state index in [-0.39, 0.29) is 46.2 Å². The summed E-state index contributed by atoms with van der Waals surface area (Å²) in [6, 6.07) is 24.0. The summed E-state index contributed by atoms with van der Waals surface area (Å²) in [4.78, 5) is 54.7. The van der Waals surface area contributed by atoms with Crippen LogP contribution in [0.25, 0.3) is 43.1 Å². The summed E-state index contributed by atoms with van der Waals surface area (Å²) in [6.07, 6.45) is 0. The second kappa shape index (κ2) is 14.1. The minimum atomic E-state index is -1.22. The van der Waals surface area contributed by atoms with Crippen LogP contribution in [0.2, 0.25) is 0 Å². The number of hydrogen-bond donors (Lipinski definition) is 5. The van der Waals surface area contributed by atoms with Gasteiger partial charge in [0, 0.05) is 49.8 Å². The molecule has 0 unspecified atom stereocenters. The SMILES string of the molecule is CC(C)c1cccc(C(C)C)c1NC(=N)c1cc(C(=O)O)c2c3ccc4c5c(ccc(c6ccc(C(=O)Nc7c(C(C)C)cccc7C(C)C)c1c62)c53)C(=O)NC4=O.